The average molecular weight is 651 g/mol. The molecule has 9 nitrogen and oxygen atoms in total. The van der Waals surface area contributed by atoms with Crippen molar-refractivity contribution in [1.82, 2.24) is 14.5 Å². The first-order valence-electron chi connectivity index (χ1n) is 12.3. The van der Waals surface area contributed by atoms with Gasteiger partial charge in [0, 0.05) is 27.7 Å². The number of thiophene rings is 1. The van der Waals surface area contributed by atoms with E-state index in [1.807, 2.05) is 0 Å². The summed E-state index contributed by atoms with van der Waals surface area (Å²) in [4.78, 5) is 33.3. The molecular weight excluding hydrogens is 635 g/mol. The minimum absolute atomic E-state index is 0.0200. The zero-order chi connectivity index (χ0) is 31.9. The van der Waals surface area contributed by atoms with E-state index >= 15 is 0 Å². The van der Waals surface area contributed by atoms with Crippen LogP contribution in [0.15, 0.2) is 46.7 Å². The molecule has 16 heteroatoms. The highest BCUT2D eigenvalue weighted by Gasteiger charge is 2.36. The molecule has 0 fully saturated rings. The number of pyridine rings is 1. The van der Waals surface area contributed by atoms with Crippen molar-refractivity contribution in [3.63, 3.8) is 0 Å². The normalized spacial score (nSPS) is 11.7. The lowest BCUT2D eigenvalue weighted by molar-refractivity contribution is -0.275. The lowest BCUT2D eigenvalue weighted by Crippen LogP contribution is -2.28. The fraction of sp³-hybridized carbons (Fsp3) is 0.179. The standard InChI is InChI=1S/C28H16ClF5N4O5S/c1-12-37-19-9-16(25(30)31)23(43-28(32,33)34)17(10-35)21(19)26(39)38(12)6-7-42-20-3-2-13(29)8-15(20)14-4-5-36-22-18(27(40)41)11-44-24(14)22/h2-5,8-9,11,25H,6-7H2,1H3,(H,40,41). The summed E-state index contributed by atoms with van der Waals surface area (Å²) in [6.07, 6.45) is -7.43. The lowest BCUT2D eigenvalue weighted by Gasteiger charge is -2.18. The third kappa shape index (κ3) is 5.73. The van der Waals surface area contributed by atoms with Gasteiger partial charge in [-0.05, 0) is 37.3 Å². The van der Waals surface area contributed by atoms with Gasteiger partial charge in [0.25, 0.3) is 12.0 Å². The molecule has 0 unspecified atom stereocenters. The monoisotopic (exact) mass is 650 g/mol. The number of aromatic carboxylic acids is 1. The van der Waals surface area contributed by atoms with Gasteiger partial charge < -0.3 is 14.6 Å². The van der Waals surface area contributed by atoms with E-state index in [-0.39, 0.29) is 30.1 Å². The quantitative estimate of drug-likeness (QED) is 0.176. The average Bonchev–Trinajstić information content (AvgIpc) is 3.39. The number of fused-ring (bicyclic) bond motifs is 2. The molecule has 0 saturated heterocycles. The largest absolute Gasteiger partial charge is 0.573 e. The molecule has 0 atom stereocenters. The zero-order valence-electron chi connectivity index (χ0n) is 22.1. The molecule has 0 spiro atoms. The van der Waals surface area contributed by atoms with E-state index < -0.39 is 52.1 Å². The number of benzene rings is 2. The summed E-state index contributed by atoms with van der Waals surface area (Å²) < 4.78 is 77.7. The molecule has 5 rings (SSSR count). The molecule has 0 amide bonds. The Labute approximate surface area is 252 Å². The number of ether oxygens (including phenoxy) is 2. The predicted molar refractivity (Wildman–Crippen MR) is 150 cm³/mol. The number of nitrogens with zero attached hydrogens (tertiary/aromatic N) is 4. The van der Waals surface area contributed by atoms with Crippen LogP contribution in [0.3, 0.4) is 0 Å². The fourth-order valence-electron chi connectivity index (χ4n) is 4.63. The molecule has 0 aliphatic carbocycles. The Morgan fingerprint density at radius 2 is 1.98 bits per heavy atom. The SMILES string of the molecule is Cc1nc2cc(C(F)F)c(OC(F)(F)F)c(C#N)c2c(=O)n1CCOc1ccc(Cl)cc1-c1ccnc2c(C(=O)O)csc12. The highest BCUT2D eigenvalue weighted by molar-refractivity contribution is 7.18. The second kappa shape index (κ2) is 11.7. The van der Waals surface area contributed by atoms with E-state index in [0.29, 0.717) is 32.7 Å². The van der Waals surface area contributed by atoms with Crippen LogP contribution < -0.4 is 15.0 Å². The number of aryl methyl sites for hydroxylation is 1. The third-order valence-electron chi connectivity index (χ3n) is 6.47. The van der Waals surface area contributed by atoms with Crippen molar-refractivity contribution in [2.45, 2.75) is 26.3 Å². The van der Waals surface area contributed by atoms with Crippen molar-refractivity contribution in [1.29, 1.82) is 5.26 Å². The fourth-order valence-corrected chi connectivity index (χ4v) is 5.83. The first kappa shape index (κ1) is 30.6. The van der Waals surface area contributed by atoms with Gasteiger partial charge in [-0.2, -0.15) is 5.26 Å². The minimum atomic E-state index is -5.41. The predicted octanol–water partition coefficient (Wildman–Crippen LogP) is 7.12. The van der Waals surface area contributed by atoms with Crippen LogP contribution in [0.5, 0.6) is 11.5 Å². The number of halogens is 6. The van der Waals surface area contributed by atoms with Gasteiger partial charge in [-0.15, -0.1) is 24.5 Å². The Morgan fingerprint density at radius 1 is 1.23 bits per heavy atom. The maximum absolute atomic E-state index is 13.6. The Bertz CT molecular complexity index is 2060. The van der Waals surface area contributed by atoms with Crippen molar-refractivity contribution >= 4 is 50.0 Å². The van der Waals surface area contributed by atoms with Gasteiger partial charge in [-0.25, -0.2) is 18.6 Å². The highest BCUT2D eigenvalue weighted by Crippen LogP contribution is 2.40. The van der Waals surface area contributed by atoms with E-state index in [0.717, 1.165) is 15.9 Å². The molecule has 5 aromatic rings. The van der Waals surface area contributed by atoms with E-state index in [1.165, 1.54) is 24.6 Å². The second-order valence-corrected chi connectivity index (χ2v) is 10.4. The van der Waals surface area contributed by atoms with Gasteiger partial charge >= 0.3 is 12.3 Å². The molecule has 226 valence electrons. The van der Waals surface area contributed by atoms with Crippen LogP contribution in [-0.4, -0.2) is 38.6 Å². The van der Waals surface area contributed by atoms with Gasteiger partial charge in [-0.1, -0.05) is 11.6 Å². The van der Waals surface area contributed by atoms with Crippen molar-refractivity contribution in [2.24, 2.45) is 0 Å². The van der Waals surface area contributed by atoms with Crippen molar-refractivity contribution in [3.05, 3.63) is 79.8 Å². The smallest absolute Gasteiger partial charge is 0.491 e. The topological polar surface area (TPSA) is 127 Å². The molecule has 0 saturated carbocycles. The number of hydrogen-bond acceptors (Lipinski definition) is 8. The summed E-state index contributed by atoms with van der Waals surface area (Å²) >= 11 is 7.41. The van der Waals surface area contributed by atoms with Crippen LogP contribution >= 0.6 is 22.9 Å². The molecule has 2 aromatic carbocycles. The molecule has 0 aliphatic rings. The number of carboxylic acids is 1. The maximum Gasteiger partial charge on any atom is 0.573 e. The summed E-state index contributed by atoms with van der Waals surface area (Å²) in [5, 5.41) is 20.3. The number of aromatic nitrogens is 3. The molecule has 1 N–H and O–H groups in total. The zero-order valence-corrected chi connectivity index (χ0v) is 23.7. The molecule has 3 aromatic heterocycles. The van der Waals surface area contributed by atoms with E-state index in [4.69, 9.17) is 16.3 Å². The Kier molecular flexibility index (Phi) is 8.15. The number of nitriles is 1. The van der Waals surface area contributed by atoms with Gasteiger partial charge in [0.2, 0.25) is 0 Å². The molecular formula is C28H16ClF5N4O5S. The Morgan fingerprint density at radius 3 is 2.64 bits per heavy atom. The number of hydrogen-bond donors (Lipinski definition) is 1. The van der Waals surface area contributed by atoms with Crippen LogP contribution in [0.2, 0.25) is 5.02 Å². The molecule has 0 aliphatic heterocycles. The van der Waals surface area contributed by atoms with Gasteiger partial charge in [0.1, 0.15) is 29.8 Å². The summed E-state index contributed by atoms with van der Waals surface area (Å²) in [5.41, 5.74) is -2.26. The summed E-state index contributed by atoms with van der Waals surface area (Å²) in [6, 6.07) is 8.34. The van der Waals surface area contributed by atoms with Crippen LogP contribution in [0.1, 0.15) is 33.7 Å². The maximum atomic E-state index is 13.6. The second-order valence-electron chi connectivity index (χ2n) is 9.12. The summed E-state index contributed by atoms with van der Waals surface area (Å²) in [5.74, 6) is -2.30. The number of carboxylic acid groups (broad SMARTS) is 1. The van der Waals surface area contributed by atoms with Crippen LogP contribution in [0.4, 0.5) is 22.0 Å². The minimum Gasteiger partial charge on any atom is -0.491 e. The summed E-state index contributed by atoms with van der Waals surface area (Å²) in [6.45, 7) is 0.984. The Hall–Kier alpha value is -4.81. The molecule has 44 heavy (non-hydrogen) atoms. The third-order valence-corrected chi connectivity index (χ3v) is 7.71. The van der Waals surface area contributed by atoms with Crippen LogP contribution in [0.25, 0.3) is 32.2 Å². The van der Waals surface area contributed by atoms with Crippen molar-refractivity contribution < 1.29 is 41.3 Å². The van der Waals surface area contributed by atoms with Crippen molar-refractivity contribution in [2.75, 3.05) is 6.61 Å². The van der Waals surface area contributed by atoms with Crippen LogP contribution in [-0.2, 0) is 6.54 Å². The Balaban J connectivity index is 1.53. The molecule has 0 bridgehead atoms. The van der Waals surface area contributed by atoms with Gasteiger partial charge in [0.15, 0.2) is 5.75 Å². The number of alkyl halides is 5. The summed E-state index contributed by atoms with van der Waals surface area (Å²) in [7, 11) is 0. The van der Waals surface area contributed by atoms with E-state index in [1.54, 1.807) is 24.3 Å². The van der Waals surface area contributed by atoms with Crippen molar-refractivity contribution in [3.8, 4) is 28.7 Å². The van der Waals surface area contributed by atoms with Gasteiger partial charge in [-0.3, -0.25) is 14.3 Å². The molecule has 0 radical (unpaired) electrons. The lowest BCUT2D eigenvalue weighted by atomic mass is 10.0. The van der Waals surface area contributed by atoms with Gasteiger partial charge in [0.05, 0.1) is 38.8 Å². The first-order valence-corrected chi connectivity index (χ1v) is 13.6. The first-order chi connectivity index (χ1) is 20.8. The van der Waals surface area contributed by atoms with E-state index in [2.05, 4.69) is 14.7 Å². The van der Waals surface area contributed by atoms with Crippen LogP contribution in [0, 0.1) is 18.3 Å². The number of rotatable bonds is 8. The number of carbonyl (C=O) groups is 1. The van der Waals surface area contributed by atoms with E-state index in [9.17, 15) is 41.9 Å². The highest BCUT2D eigenvalue weighted by atomic mass is 35.5. The molecule has 3 heterocycles.